The molecule has 1 heterocycles. The maximum Gasteiger partial charge on any atom is 0.253 e. The largest absolute Gasteiger partial charge is 0.385 e. The van der Waals surface area contributed by atoms with E-state index in [4.69, 9.17) is 4.74 Å². The van der Waals surface area contributed by atoms with Gasteiger partial charge in [-0.3, -0.25) is 9.59 Å². The van der Waals surface area contributed by atoms with Gasteiger partial charge in [0.2, 0.25) is 5.91 Å². The van der Waals surface area contributed by atoms with Gasteiger partial charge in [-0.15, -0.1) is 0 Å². The Kier molecular flexibility index (Phi) is 6.99. The zero-order valence-electron chi connectivity index (χ0n) is 16.9. The van der Waals surface area contributed by atoms with Gasteiger partial charge in [-0.2, -0.15) is 0 Å². The number of hydrogen-bond acceptors (Lipinski definition) is 3. The summed E-state index contributed by atoms with van der Waals surface area (Å²) in [5.74, 6) is -1.24. The second-order valence-corrected chi connectivity index (χ2v) is 7.48. The molecule has 0 radical (unpaired) electrons. The molecular weight excluding hydrogens is 371 g/mol. The summed E-state index contributed by atoms with van der Waals surface area (Å²) in [4.78, 5) is 27.5. The Morgan fingerprint density at radius 2 is 1.93 bits per heavy atom. The molecule has 29 heavy (non-hydrogen) atoms. The van der Waals surface area contributed by atoms with Crippen LogP contribution in [0.5, 0.6) is 0 Å². The van der Waals surface area contributed by atoms with Crippen LogP contribution in [-0.2, 0) is 9.53 Å². The smallest absolute Gasteiger partial charge is 0.253 e. The average Bonchev–Trinajstić information content (AvgIpc) is 3.17. The van der Waals surface area contributed by atoms with E-state index in [1.54, 1.807) is 30.2 Å². The highest BCUT2D eigenvalue weighted by molar-refractivity contribution is 5.95. The molecule has 1 aliphatic heterocycles. The van der Waals surface area contributed by atoms with Gasteiger partial charge >= 0.3 is 0 Å². The molecule has 1 N–H and O–H groups in total. The molecule has 154 valence electrons. The molecule has 0 aliphatic carbocycles. The van der Waals surface area contributed by atoms with Gasteiger partial charge in [0.1, 0.15) is 5.82 Å². The van der Waals surface area contributed by atoms with Crippen molar-refractivity contribution in [3.63, 3.8) is 0 Å². The second-order valence-electron chi connectivity index (χ2n) is 7.48. The second kappa shape index (κ2) is 9.65. The molecule has 0 unspecified atom stereocenters. The summed E-state index contributed by atoms with van der Waals surface area (Å²) < 4.78 is 18.8. The summed E-state index contributed by atoms with van der Waals surface area (Å²) in [5, 5.41) is 2.93. The Labute approximate surface area is 170 Å². The van der Waals surface area contributed by atoms with Gasteiger partial charge in [0.15, 0.2) is 0 Å². The SMILES string of the molecule is COCCCNC(=O)[C@H]1CN(C(=O)c2ccc(C)cc2)C[C@H]1c1cccc(F)c1. The molecule has 1 aliphatic rings. The van der Waals surface area contributed by atoms with Crippen LogP contribution in [0.2, 0.25) is 0 Å². The summed E-state index contributed by atoms with van der Waals surface area (Å²) in [6.45, 7) is 3.73. The molecule has 3 rings (SSSR count). The Bertz CT molecular complexity index is 853. The molecule has 6 heteroatoms. The Hall–Kier alpha value is -2.73. The molecule has 2 amide bonds. The van der Waals surface area contributed by atoms with Crippen molar-refractivity contribution in [3.05, 3.63) is 71.0 Å². The summed E-state index contributed by atoms with van der Waals surface area (Å²) in [5.41, 5.74) is 2.41. The molecular formula is C23H27FN2O3. The Balaban J connectivity index is 1.78. The third-order valence-corrected chi connectivity index (χ3v) is 5.34. The third-order valence-electron chi connectivity index (χ3n) is 5.34. The maximum atomic E-state index is 13.8. The molecule has 5 nitrogen and oxygen atoms in total. The molecule has 2 aromatic carbocycles. The van der Waals surface area contributed by atoms with E-state index in [0.717, 1.165) is 11.1 Å². The fraction of sp³-hybridized carbons (Fsp3) is 0.391. The van der Waals surface area contributed by atoms with Gasteiger partial charge < -0.3 is 15.0 Å². The van der Waals surface area contributed by atoms with Crippen molar-refractivity contribution in [2.75, 3.05) is 33.4 Å². The number of methoxy groups -OCH3 is 1. The summed E-state index contributed by atoms with van der Waals surface area (Å²) in [7, 11) is 1.62. The molecule has 1 saturated heterocycles. The van der Waals surface area contributed by atoms with Crippen molar-refractivity contribution in [2.24, 2.45) is 5.92 Å². The molecule has 2 aromatic rings. The predicted molar refractivity (Wildman–Crippen MR) is 109 cm³/mol. The van der Waals surface area contributed by atoms with E-state index in [1.165, 1.54) is 12.1 Å². The zero-order chi connectivity index (χ0) is 20.8. The highest BCUT2D eigenvalue weighted by atomic mass is 19.1. The minimum Gasteiger partial charge on any atom is -0.385 e. The molecule has 2 atom stereocenters. The quantitative estimate of drug-likeness (QED) is 0.729. The lowest BCUT2D eigenvalue weighted by Gasteiger charge is -2.18. The molecule has 0 bridgehead atoms. The van der Waals surface area contributed by atoms with Crippen LogP contribution in [0.1, 0.15) is 33.8 Å². The summed E-state index contributed by atoms with van der Waals surface area (Å²) >= 11 is 0. The normalized spacial score (nSPS) is 18.7. The molecule has 1 fully saturated rings. The van der Waals surface area contributed by atoms with Gasteiger partial charge in [0, 0.05) is 44.8 Å². The number of halogens is 1. The number of aryl methyl sites for hydroxylation is 1. The first-order valence-corrected chi connectivity index (χ1v) is 9.87. The van der Waals surface area contributed by atoms with Crippen LogP contribution in [0.3, 0.4) is 0 Å². The van der Waals surface area contributed by atoms with Crippen molar-refractivity contribution < 1.29 is 18.7 Å². The average molecular weight is 398 g/mol. The number of nitrogens with zero attached hydrogens (tertiary/aromatic N) is 1. The van der Waals surface area contributed by atoms with Gasteiger partial charge in [-0.05, 0) is 43.2 Å². The highest BCUT2D eigenvalue weighted by Crippen LogP contribution is 2.34. The monoisotopic (exact) mass is 398 g/mol. The van der Waals surface area contributed by atoms with Crippen molar-refractivity contribution in [3.8, 4) is 0 Å². The van der Waals surface area contributed by atoms with Crippen LogP contribution in [0, 0.1) is 18.7 Å². The van der Waals surface area contributed by atoms with Crippen LogP contribution in [0.15, 0.2) is 48.5 Å². The molecule has 0 saturated carbocycles. The van der Waals surface area contributed by atoms with Crippen LogP contribution >= 0.6 is 0 Å². The van der Waals surface area contributed by atoms with E-state index in [2.05, 4.69) is 5.32 Å². The van der Waals surface area contributed by atoms with Crippen LogP contribution in [-0.4, -0.2) is 50.1 Å². The Morgan fingerprint density at radius 1 is 1.17 bits per heavy atom. The minimum absolute atomic E-state index is 0.110. The first-order chi connectivity index (χ1) is 14.0. The van der Waals surface area contributed by atoms with E-state index in [9.17, 15) is 14.0 Å². The van der Waals surface area contributed by atoms with Gasteiger partial charge in [0.25, 0.3) is 5.91 Å². The topological polar surface area (TPSA) is 58.6 Å². The maximum absolute atomic E-state index is 13.8. The van der Waals surface area contributed by atoms with Gasteiger partial charge in [-0.1, -0.05) is 29.8 Å². The first kappa shape index (κ1) is 21.0. The van der Waals surface area contributed by atoms with Crippen LogP contribution in [0.4, 0.5) is 4.39 Å². The van der Waals surface area contributed by atoms with Crippen molar-refractivity contribution in [1.82, 2.24) is 10.2 Å². The van der Waals surface area contributed by atoms with Crippen LogP contribution < -0.4 is 5.32 Å². The number of hydrogen-bond donors (Lipinski definition) is 1. The lowest BCUT2D eigenvalue weighted by molar-refractivity contribution is -0.124. The number of carbonyl (C=O) groups is 2. The fourth-order valence-electron chi connectivity index (χ4n) is 3.75. The number of rotatable bonds is 7. The van der Waals surface area contributed by atoms with E-state index in [-0.39, 0.29) is 23.5 Å². The number of carbonyl (C=O) groups excluding carboxylic acids is 2. The number of nitrogens with one attached hydrogen (secondary N) is 1. The van der Waals surface area contributed by atoms with E-state index < -0.39 is 5.92 Å². The first-order valence-electron chi connectivity index (χ1n) is 9.87. The molecule has 0 spiro atoms. The van der Waals surface area contributed by atoms with Gasteiger partial charge in [0.05, 0.1) is 5.92 Å². The lowest BCUT2D eigenvalue weighted by Crippen LogP contribution is -2.36. The standard InChI is InChI=1S/C23H27FN2O3/c1-16-7-9-17(10-8-16)23(28)26-14-20(18-5-3-6-19(24)13-18)21(15-26)22(27)25-11-4-12-29-2/h3,5-10,13,20-21H,4,11-12,14-15H2,1-2H3,(H,25,27)/t20-,21-/m0/s1. The van der Waals surface area contributed by atoms with Crippen molar-refractivity contribution in [2.45, 2.75) is 19.3 Å². The van der Waals surface area contributed by atoms with Crippen molar-refractivity contribution >= 4 is 11.8 Å². The van der Waals surface area contributed by atoms with Crippen molar-refractivity contribution in [1.29, 1.82) is 0 Å². The molecule has 0 aromatic heterocycles. The number of likely N-dealkylation sites (tertiary alicyclic amines) is 1. The van der Waals surface area contributed by atoms with Crippen LogP contribution in [0.25, 0.3) is 0 Å². The number of benzene rings is 2. The van der Waals surface area contributed by atoms with E-state index >= 15 is 0 Å². The third kappa shape index (κ3) is 5.21. The number of ether oxygens (including phenoxy) is 1. The van der Waals surface area contributed by atoms with E-state index in [0.29, 0.717) is 38.2 Å². The minimum atomic E-state index is -0.422. The fourth-order valence-corrected chi connectivity index (χ4v) is 3.75. The number of amides is 2. The summed E-state index contributed by atoms with van der Waals surface area (Å²) in [6, 6.07) is 13.7. The van der Waals surface area contributed by atoms with E-state index in [1.807, 2.05) is 25.1 Å². The van der Waals surface area contributed by atoms with Gasteiger partial charge in [-0.25, -0.2) is 4.39 Å². The predicted octanol–water partition coefficient (Wildman–Crippen LogP) is 3.14. The summed E-state index contributed by atoms with van der Waals surface area (Å²) in [6.07, 6.45) is 0.714. The Morgan fingerprint density at radius 3 is 2.62 bits per heavy atom. The highest BCUT2D eigenvalue weighted by Gasteiger charge is 2.40. The lowest BCUT2D eigenvalue weighted by atomic mass is 9.88. The zero-order valence-corrected chi connectivity index (χ0v) is 16.9.